The number of unbranched alkanes of at least 4 members (excludes halogenated alkanes) is 1. The van der Waals surface area contributed by atoms with Crippen molar-refractivity contribution in [1.29, 1.82) is 0 Å². The minimum atomic E-state index is -0.653. The Kier molecular flexibility index (Phi) is 7.39. The molecule has 0 aromatic heterocycles. The number of hydrogen-bond acceptors (Lipinski definition) is 2. The Labute approximate surface area is 156 Å². The highest BCUT2D eigenvalue weighted by molar-refractivity contribution is 6.43. The first-order valence-corrected chi connectivity index (χ1v) is 9.41. The van der Waals surface area contributed by atoms with Gasteiger partial charge < -0.3 is 10.6 Å². The van der Waals surface area contributed by atoms with Crippen molar-refractivity contribution < 1.29 is 9.59 Å². The van der Waals surface area contributed by atoms with Crippen molar-refractivity contribution in [2.45, 2.75) is 52.9 Å². The maximum absolute atomic E-state index is 12.3. The lowest BCUT2D eigenvalue weighted by Gasteiger charge is -2.14. The quantitative estimate of drug-likeness (QED) is 0.708. The second-order valence-corrected chi connectivity index (χ2v) is 6.37. The molecule has 0 atom stereocenters. The number of aryl methyl sites for hydroxylation is 3. The molecule has 2 rings (SSSR count). The topological polar surface area (TPSA) is 58.2 Å². The van der Waals surface area contributed by atoms with Crippen molar-refractivity contribution in [1.82, 2.24) is 0 Å². The molecule has 0 aliphatic rings. The van der Waals surface area contributed by atoms with Gasteiger partial charge in [-0.15, -0.1) is 0 Å². The molecule has 0 fully saturated rings. The lowest BCUT2D eigenvalue weighted by molar-refractivity contribution is -0.133. The normalized spacial score (nSPS) is 10.4. The molecule has 4 nitrogen and oxygen atoms in total. The summed E-state index contributed by atoms with van der Waals surface area (Å²) in [5, 5.41) is 5.46. The van der Waals surface area contributed by atoms with Crippen LogP contribution < -0.4 is 10.6 Å². The van der Waals surface area contributed by atoms with Gasteiger partial charge in [0.05, 0.1) is 0 Å². The molecule has 2 aromatic rings. The molecular weight excluding hydrogens is 324 g/mol. The molecule has 0 saturated heterocycles. The van der Waals surface area contributed by atoms with Crippen LogP contribution in [0.1, 0.15) is 50.3 Å². The van der Waals surface area contributed by atoms with E-state index >= 15 is 0 Å². The molecule has 2 aromatic carbocycles. The standard InChI is InChI=1S/C22H28N2O2/c1-4-7-9-16-12-14-19(15-13-16)23-21(25)22(26)24-20-17(5-2)10-8-11-18(20)6-3/h8,10-15H,4-7,9H2,1-3H3,(H,23,25)(H,24,26). The predicted molar refractivity (Wildman–Crippen MR) is 108 cm³/mol. The SMILES string of the molecule is CCCCc1ccc(NC(=O)C(=O)Nc2c(CC)cccc2CC)cc1. The molecule has 2 N–H and O–H groups in total. The summed E-state index contributed by atoms with van der Waals surface area (Å²) in [7, 11) is 0. The first kappa shape index (κ1) is 19.7. The van der Waals surface area contributed by atoms with E-state index in [1.165, 1.54) is 5.56 Å². The number of para-hydroxylation sites is 1. The third kappa shape index (κ3) is 5.19. The Morgan fingerprint density at radius 2 is 1.38 bits per heavy atom. The average molecular weight is 352 g/mol. The van der Waals surface area contributed by atoms with Gasteiger partial charge in [0.1, 0.15) is 0 Å². The second kappa shape index (κ2) is 9.76. The van der Waals surface area contributed by atoms with Crippen LogP contribution in [0, 0.1) is 0 Å². The van der Waals surface area contributed by atoms with Crippen LogP contribution in [0.4, 0.5) is 11.4 Å². The third-order valence-corrected chi connectivity index (χ3v) is 4.47. The van der Waals surface area contributed by atoms with Crippen LogP contribution in [0.15, 0.2) is 42.5 Å². The maximum atomic E-state index is 12.3. The smallest absolute Gasteiger partial charge is 0.314 e. The number of benzene rings is 2. The van der Waals surface area contributed by atoms with Gasteiger partial charge in [-0.3, -0.25) is 9.59 Å². The van der Waals surface area contributed by atoms with Gasteiger partial charge in [-0.05, 0) is 54.5 Å². The van der Waals surface area contributed by atoms with Crippen molar-refractivity contribution in [3.05, 3.63) is 59.2 Å². The molecule has 0 heterocycles. The number of amides is 2. The van der Waals surface area contributed by atoms with Crippen LogP contribution in [0.3, 0.4) is 0 Å². The Morgan fingerprint density at radius 3 is 1.92 bits per heavy atom. The number of carbonyl (C=O) groups excluding carboxylic acids is 2. The number of nitrogens with one attached hydrogen (secondary N) is 2. The van der Waals surface area contributed by atoms with E-state index in [9.17, 15) is 9.59 Å². The van der Waals surface area contributed by atoms with E-state index in [2.05, 4.69) is 17.6 Å². The molecule has 26 heavy (non-hydrogen) atoms. The predicted octanol–water partition coefficient (Wildman–Crippen LogP) is 4.73. The van der Waals surface area contributed by atoms with E-state index in [1.54, 1.807) is 0 Å². The summed E-state index contributed by atoms with van der Waals surface area (Å²) in [5.41, 5.74) is 4.69. The number of anilines is 2. The summed E-state index contributed by atoms with van der Waals surface area (Å²) in [6.07, 6.45) is 4.91. The van der Waals surface area contributed by atoms with Crippen LogP contribution in [0.2, 0.25) is 0 Å². The number of rotatable bonds is 7. The van der Waals surface area contributed by atoms with Crippen LogP contribution in [-0.2, 0) is 28.9 Å². The summed E-state index contributed by atoms with van der Waals surface area (Å²) < 4.78 is 0. The van der Waals surface area contributed by atoms with Crippen molar-refractivity contribution >= 4 is 23.2 Å². The van der Waals surface area contributed by atoms with Gasteiger partial charge >= 0.3 is 11.8 Å². The highest BCUT2D eigenvalue weighted by Crippen LogP contribution is 2.22. The first-order valence-electron chi connectivity index (χ1n) is 9.41. The molecule has 0 spiro atoms. The monoisotopic (exact) mass is 352 g/mol. The fraction of sp³-hybridized carbons (Fsp3) is 0.364. The lowest BCUT2D eigenvalue weighted by atomic mass is 10.0. The summed E-state index contributed by atoms with van der Waals surface area (Å²) in [4.78, 5) is 24.6. The van der Waals surface area contributed by atoms with E-state index in [1.807, 2.05) is 56.3 Å². The Hall–Kier alpha value is -2.62. The molecule has 0 unspecified atom stereocenters. The van der Waals surface area contributed by atoms with E-state index < -0.39 is 11.8 Å². The van der Waals surface area contributed by atoms with Crippen molar-refractivity contribution in [2.24, 2.45) is 0 Å². The fourth-order valence-electron chi connectivity index (χ4n) is 2.90. The van der Waals surface area contributed by atoms with Crippen LogP contribution in [0.5, 0.6) is 0 Å². The van der Waals surface area contributed by atoms with Gasteiger partial charge in [-0.25, -0.2) is 0 Å². The minimum Gasteiger partial charge on any atom is -0.318 e. The van der Waals surface area contributed by atoms with Crippen LogP contribution in [-0.4, -0.2) is 11.8 Å². The van der Waals surface area contributed by atoms with E-state index in [-0.39, 0.29) is 0 Å². The second-order valence-electron chi connectivity index (χ2n) is 6.37. The molecule has 0 radical (unpaired) electrons. The highest BCUT2D eigenvalue weighted by atomic mass is 16.2. The van der Waals surface area contributed by atoms with Crippen molar-refractivity contribution in [3.63, 3.8) is 0 Å². The van der Waals surface area contributed by atoms with Gasteiger partial charge in [0.25, 0.3) is 0 Å². The fourth-order valence-corrected chi connectivity index (χ4v) is 2.90. The number of carbonyl (C=O) groups is 2. The van der Waals surface area contributed by atoms with Crippen LogP contribution >= 0.6 is 0 Å². The van der Waals surface area contributed by atoms with E-state index in [4.69, 9.17) is 0 Å². The van der Waals surface area contributed by atoms with E-state index in [0.29, 0.717) is 5.69 Å². The van der Waals surface area contributed by atoms with Gasteiger partial charge in [-0.1, -0.05) is 57.5 Å². The minimum absolute atomic E-state index is 0.630. The molecular formula is C22H28N2O2. The van der Waals surface area contributed by atoms with Crippen molar-refractivity contribution in [3.8, 4) is 0 Å². The zero-order chi connectivity index (χ0) is 18.9. The Balaban J connectivity index is 2.03. The lowest BCUT2D eigenvalue weighted by Crippen LogP contribution is -2.29. The molecule has 2 amide bonds. The molecule has 0 bridgehead atoms. The summed E-state index contributed by atoms with van der Waals surface area (Å²) >= 11 is 0. The zero-order valence-electron chi connectivity index (χ0n) is 15.9. The summed E-state index contributed by atoms with van der Waals surface area (Å²) in [6, 6.07) is 13.6. The molecule has 4 heteroatoms. The Morgan fingerprint density at radius 1 is 0.808 bits per heavy atom. The highest BCUT2D eigenvalue weighted by Gasteiger charge is 2.17. The van der Waals surface area contributed by atoms with Gasteiger partial charge in [-0.2, -0.15) is 0 Å². The van der Waals surface area contributed by atoms with Gasteiger partial charge in [0.2, 0.25) is 0 Å². The van der Waals surface area contributed by atoms with Crippen molar-refractivity contribution in [2.75, 3.05) is 10.6 Å². The molecule has 138 valence electrons. The number of hydrogen-bond donors (Lipinski definition) is 2. The largest absolute Gasteiger partial charge is 0.318 e. The zero-order valence-corrected chi connectivity index (χ0v) is 15.9. The Bertz CT molecular complexity index is 729. The molecule has 0 saturated carbocycles. The maximum Gasteiger partial charge on any atom is 0.314 e. The summed E-state index contributed by atoms with van der Waals surface area (Å²) in [5.74, 6) is -1.30. The molecule has 0 aliphatic heterocycles. The first-order chi connectivity index (χ1) is 12.6. The van der Waals surface area contributed by atoms with E-state index in [0.717, 1.165) is 48.9 Å². The molecule has 0 aliphatic carbocycles. The van der Waals surface area contributed by atoms with Gasteiger partial charge in [0, 0.05) is 11.4 Å². The van der Waals surface area contributed by atoms with Gasteiger partial charge in [0.15, 0.2) is 0 Å². The average Bonchev–Trinajstić information content (AvgIpc) is 2.67. The third-order valence-electron chi connectivity index (χ3n) is 4.47. The summed E-state index contributed by atoms with van der Waals surface area (Å²) in [6.45, 7) is 6.23. The van der Waals surface area contributed by atoms with Crippen LogP contribution in [0.25, 0.3) is 0 Å².